The third-order valence-electron chi connectivity index (χ3n) is 2.93. The third-order valence-corrected chi connectivity index (χ3v) is 2.93. The number of hydrogen-bond acceptors (Lipinski definition) is 2. The maximum atomic E-state index is 10.6. The summed E-state index contributed by atoms with van der Waals surface area (Å²) in [7, 11) is 0. The average molecular weight is 211 g/mol. The van der Waals surface area contributed by atoms with E-state index in [0.717, 1.165) is 12.1 Å². The van der Waals surface area contributed by atoms with E-state index in [9.17, 15) is 4.79 Å². The molecule has 0 saturated heterocycles. The van der Waals surface area contributed by atoms with Gasteiger partial charge in [-0.05, 0) is 19.8 Å². The van der Waals surface area contributed by atoms with Gasteiger partial charge >= 0.3 is 5.97 Å². The van der Waals surface area contributed by atoms with Crippen molar-refractivity contribution < 1.29 is 9.90 Å². The molecule has 0 heterocycles. The Hall–Kier alpha value is -0.830. The second-order valence-electron chi connectivity index (χ2n) is 4.51. The van der Waals surface area contributed by atoms with Gasteiger partial charge in [0.2, 0.25) is 0 Å². The lowest BCUT2D eigenvalue weighted by molar-refractivity contribution is -0.137. The molecular weight excluding hydrogens is 190 g/mol. The molecule has 1 N–H and O–H groups in total. The SMILES string of the molecule is C=C(C)CN(CCC(=O)O)C1CCCC1. The summed E-state index contributed by atoms with van der Waals surface area (Å²) in [5.74, 6) is -0.709. The van der Waals surface area contributed by atoms with Crippen molar-refractivity contribution in [3.05, 3.63) is 12.2 Å². The second-order valence-corrected chi connectivity index (χ2v) is 4.51. The fourth-order valence-corrected chi connectivity index (χ4v) is 2.25. The zero-order chi connectivity index (χ0) is 11.3. The minimum Gasteiger partial charge on any atom is -0.481 e. The van der Waals surface area contributed by atoms with Crippen molar-refractivity contribution in [3.63, 3.8) is 0 Å². The van der Waals surface area contributed by atoms with Gasteiger partial charge in [-0.3, -0.25) is 9.69 Å². The average Bonchev–Trinajstić information content (AvgIpc) is 2.63. The molecule has 86 valence electrons. The molecule has 0 aromatic rings. The molecule has 1 saturated carbocycles. The largest absolute Gasteiger partial charge is 0.481 e. The highest BCUT2D eigenvalue weighted by atomic mass is 16.4. The van der Waals surface area contributed by atoms with Crippen LogP contribution in [0.1, 0.15) is 39.0 Å². The van der Waals surface area contributed by atoms with Crippen molar-refractivity contribution >= 4 is 5.97 Å². The molecular formula is C12H21NO2. The third kappa shape index (κ3) is 4.47. The zero-order valence-corrected chi connectivity index (χ0v) is 9.54. The van der Waals surface area contributed by atoms with Gasteiger partial charge in [-0.2, -0.15) is 0 Å². The van der Waals surface area contributed by atoms with E-state index < -0.39 is 5.97 Å². The van der Waals surface area contributed by atoms with Crippen molar-refractivity contribution in [1.29, 1.82) is 0 Å². The quantitative estimate of drug-likeness (QED) is 0.685. The van der Waals surface area contributed by atoms with Gasteiger partial charge < -0.3 is 5.11 Å². The van der Waals surface area contributed by atoms with E-state index >= 15 is 0 Å². The van der Waals surface area contributed by atoms with E-state index in [1.165, 1.54) is 25.7 Å². The molecule has 0 spiro atoms. The highest BCUT2D eigenvalue weighted by Crippen LogP contribution is 2.24. The van der Waals surface area contributed by atoms with Crippen LogP contribution in [0.3, 0.4) is 0 Å². The minimum absolute atomic E-state index is 0.240. The molecule has 0 amide bonds. The maximum absolute atomic E-state index is 10.6. The Morgan fingerprint density at radius 2 is 2.07 bits per heavy atom. The molecule has 15 heavy (non-hydrogen) atoms. The van der Waals surface area contributed by atoms with E-state index in [-0.39, 0.29) is 6.42 Å². The molecule has 0 aromatic heterocycles. The Kier molecular flexibility index (Phi) is 4.82. The number of carboxylic acids is 1. The Bertz CT molecular complexity index is 232. The molecule has 0 aliphatic heterocycles. The lowest BCUT2D eigenvalue weighted by Crippen LogP contribution is -2.36. The number of hydrogen-bond donors (Lipinski definition) is 1. The predicted octanol–water partition coefficient (Wildman–Crippen LogP) is 2.28. The highest BCUT2D eigenvalue weighted by molar-refractivity contribution is 5.66. The van der Waals surface area contributed by atoms with Crippen LogP contribution in [0.15, 0.2) is 12.2 Å². The van der Waals surface area contributed by atoms with Gasteiger partial charge in [0.25, 0.3) is 0 Å². The van der Waals surface area contributed by atoms with E-state index in [1.807, 2.05) is 6.92 Å². The molecule has 0 bridgehead atoms. The van der Waals surface area contributed by atoms with Crippen molar-refractivity contribution in [3.8, 4) is 0 Å². The van der Waals surface area contributed by atoms with E-state index in [1.54, 1.807) is 0 Å². The maximum Gasteiger partial charge on any atom is 0.304 e. The fourth-order valence-electron chi connectivity index (χ4n) is 2.25. The molecule has 3 nitrogen and oxygen atoms in total. The van der Waals surface area contributed by atoms with Crippen LogP contribution in [0.4, 0.5) is 0 Å². The molecule has 1 fully saturated rings. The molecule has 1 aliphatic carbocycles. The number of aliphatic carboxylic acids is 1. The molecule has 1 rings (SSSR count). The topological polar surface area (TPSA) is 40.5 Å². The van der Waals surface area contributed by atoms with Crippen LogP contribution in [-0.4, -0.2) is 35.1 Å². The molecule has 0 unspecified atom stereocenters. The standard InChI is InChI=1S/C12H21NO2/c1-10(2)9-13(8-7-12(14)15)11-5-3-4-6-11/h11H,1,3-9H2,2H3,(H,14,15). The van der Waals surface area contributed by atoms with Gasteiger partial charge in [0.15, 0.2) is 0 Å². The Morgan fingerprint density at radius 1 is 1.47 bits per heavy atom. The Morgan fingerprint density at radius 3 is 2.53 bits per heavy atom. The second kappa shape index (κ2) is 5.91. The molecule has 0 radical (unpaired) electrons. The monoisotopic (exact) mass is 211 g/mol. The Labute approximate surface area is 91.8 Å². The lowest BCUT2D eigenvalue weighted by Gasteiger charge is -2.28. The normalized spacial score (nSPS) is 17.2. The van der Waals surface area contributed by atoms with Crippen LogP contribution < -0.4 is 0 Å². The zero-order valence-electron chi connectivity index (χ0n) is 9.54. The van der Waals surface area contributed by atoms with Gasteiger partial charge in [-0.15, -0.1) is 0 Å². The van der Waals surface area contributed by atoms with Crippen LogP contribution in [0, 0.1) is 0 Å². The van der Waals surface area contributed by atoms with Crippen molar-refractivity contribution in [1.82, 2.24) is 4.90 Å². The fraction of sp³-hybridized carbons (Fsp3) is 0.750. The predicted molar refractivity (Wildman–Crippen MR) is 60.9 cm³/mol. The first-order valence-electron chi connectivity index (χ1n) is 5.70. The summed E-state index contributed by atoms with van der Waals surface area (Å²) in [6.07, 6.45) is 5.23. The summed E-state index contributed by atoms with van der Waals surface area (Å²) in [6, 6.07) is 0.584. The van der Waals surface area contributed by atoms with Crippen LogP contribution >= 0.6 is 0 Å². The van der Waals surface area contributed by atoms with Gasteiger partial charge in [0.1, 0.15) is 0 Å². The smallest absolute Gasteiger partial charge is 0.304 e. The van der Waals surface area contributed by atoms with Crippen LogP contribution in [-0.2, 0) is 4.79 Å². The molecule has 0 atom stereocenters. The van der Waals surface area contributed by atoms with Gasteiger partial charge in [-0.25, -0.2) is 0 Å². The Balaban J connectivity index is 2.43. The first kappa shape index (κ1) is 12.2. The number of carboxylic acid groups (broad SMARTS) is 1. The summed E-state index contributed by atoms with van der Waals surface area (Å²) < 4.78 is 0. The van der Waals surface area contributed by atoms with Crippen molar-refractivity contribution in [2.75, 3.05) is 13.1 Å². The first-order valence-corrected chi connectivity index (χ1v) is 5.70. The molecule has 1 aliphatic rings. The number of nitrogens with zero attached hydrogens (tertiary/aromatic N) is 1. The van der Waals surface area contributed by atoms with E-state index in [4.69, 9.17) is 5.11 Å². The summed E-state index contributed by atoms with van der Waals surface area (Å²) in [4.78, 5) is 12.8. The van der Waals surface area contributed by atoms with Crippen molar-refractivity contribution in [2.24, 2.45) is 0 Å². The number of carbonyl (C=O) groups is 1. The lowest BCUT2D eigenvalue weighted by atomic mass is 10.1. The van der Waals surface area contributed by atoms with Gasteiger partial charge in [-0.1, -0.05) is 25.0 Å². The number of rotatable bonds is 6. The minimum atomic E-state index is -0.709. The van der Waals surface area contributed by atoms with Crippen LogP contribution in [0.25, 0.3) is 0 Å². The van der Waals surface area contributed by atoms with Gasteiger partial charge in [0, 0.05) is 19.1 Å². The van der Waals surface area contributed by atoms with E-state index in [0.29, 0.717) is 12.6 Å². The first-order chi connectivity index (χ1) is 7.09. The van der Waals surface area contributed by atoms with Gasteiger partial charge in [0.05, 0.1) is 6.42 Å². The van der Waals surface area contributed by atoms with Crippen LogP contribution in [0.5, 0.6) is 0 Å². The van der Waals surface area contributed by atoms with E-state index in [2.05, 4.69) is 11.5 Å². The summed E-state index contributed by atoms with van der Waals surface area (Å²) in [6.45, 7) is 7.41. The molecule has 0 aromatic carbocycles. The highest BCUT2D eigenvalue weighted by Gasteiger charge is 2.22. The van der Waals surface area contributed by atoms with Crippen molar-refractivity contribution in [2.45, 2.75) is 45.1 Å². The summed E-state index contributed by atoms with van der Waals surface area (Å²) in [5, 5.41) is 8.69. The van der Waals surface area contributed by atoms with Crippen LogP contribution in [0.2, 0.25) is 0 Å². The summed E-state index contributed by atoms with van der Waals surface area (Å²) in [5.41, 5.74) is 1.12. The summed E-state index contributed by atoms with van der Waals surface area (Å²) >= 11 is 0. The molecule has 3 heteroatoms.